The largest absolute Gasteiger partial charge is 0.393 e. The van der Waals surface area contributed by atoms with Gasteiger partial charge in [0, 0.05) is 0 Å². The number of fused-ring (bicyclic) bond motifs is 1. The van der Waals surface area contributed by atoms with Crippen LogP contribution < -0.4 is 0 Å². The summed E-state index contributed by atoms with van der Waals surface area (Å²) in [5, 5.41) is 9.76. The molecule has 2 aliphatic rings. The molecule has 0 aromatic carbocycles. The molecule has 1 nitrogen and oxygen atoms in total. The molecule has 4 atom stereocenters. The first-order valence-electron chi connectivity index (χ1n) is 6.38. The molecule has 1 heteroatoms. The minimum absolute atomic E-state index is 0.0240. The Morgan fingerprint density at radius 2 is 2.27 bits per heavy atom. The van der Waals surface area contributed by atoms with Crippen LogP contribution >= 0.6 is 0 Å². The second-order valence-electron chi connectivity index (χ2n) is 5.91. The molecular formula is C14H24O. The van der Waals surface area contributed by atoms with E-state index >= 15 is 0 Å². The molecule has 1 N–H and O–H groups in total. The van der Waals surface area contributed by atoms with Crippen LogP contribution in [0.3, 0.4) is 0 Å². The van der Waals surface area contributed by atoms with Crippen molar-refractivity contribution in [3.63, 3.8) is 0 Å². The smallest absolute Gasteiger partial charge is 0.0574 e. The third-order valence-corrected chi connectivity index (χ3v) is 4.68. The van der Waals surface area contributed by atoms with Crippen molar-refractivity contribution in [1.29, 1.82) is 0 Å². The standard InChI is InChI=1S/C14H24O/c1-10(2)5-4-6-11(3)14-8-7-13(15)12(14)9-14/h5,11-13,15H,4,6-9H2,1-3H3/t11-,12+,13-,14+/m0/s1. The summed E-state index contributed by atoms with van der Waals surface area (Å²) in [5.41, 5.74) is 1.98. The van der Waals surface area contributed by atoms with Gasteiger partial charge in [-0.25, -0.2) is 0 Å². The quantitative estimate of drug-likeness (QED) is 0.701. The predicted molar refractivity (Wildman–Crippen MR) is 63.6 cm³/mol. The van der Waals surface area contributed by atoms with Gasteiger partial charge in [0.15, 0.2) is 0 Å². The van der Waals surface area contributed by atoms with E-state index in [-0.39, 0.29) is 6.10 Å². The third-order valence-electron chi connectivity index (χ3n) is 4.68. The molecule has 0 bridgehead atoms. The molecule has 15 heavy (non-hydrogen) atoms. The molecule has 0 saturated heterocycles. The Morgan fingerprint density at radius 3 is 2.73 bits per heavy atom. The van der Waals surface area contributed by atoms with E-state index in [1.165, 1.54) is 31.3 Å². The van der Waals surface area contributed by atoms with E-state index in [0.29, 0.717) is 11.3 Å². The lowest BCUT2D eigenvalue weighted by atomic mass is 9.85. The van der Waals surface area contributed by atoms with E-state index in [1.54, 1.807) is 0 Å². The van der Waals surface area contributed by atoms with Crippen LogP contribution in [0.5, 0.6) is 0 Å². The van der Waals surface area contributed by atoms with Crippen LogP contribution in [0, 0.1) is 17.3 Å². The fraction of sp³-hybridized carbons (Fsp3) is 0.857. The third kappa shape index (κ3) is 1.99. The van der Waals surface area contributed by atoms with Crippen LogP contribution in [0.25, 0.3) is 0 Å². The Labute approximate surface area is 93.6 Å². The van der Waals surface area contributed by atoms with Gasteiger partial charge in [-0.1, -0.05) is 18.6 Å². The topological polar surface area (TPSA) is 20.2 Å². The maximum Gasteiger partial charge on any atom is 0.0574 e. The Bertz CT molecular complexity index is 265. The normalized spacial score (nSPS) is 39.7. The Kier molecular flexibility index (Phi) is 2.94. The first-order valence-corrected chi connectivity index (χ1v) is 6.38. The van der Waals surface area contributed by atoms with Gasteiger partial charge >= 0.3 is 0 Å². The van der Waals surface area contributed by atoms with Gasteiger partial charge in [0.1, 0.15) is 0 Å². The molecule has 0 amide bonds. The van der Waals surface area contributed by atoms with Gasteiger partial charge in [-0.3, -0.25) is 0 Å². The highest BCUT2D eigenvalue weighted by Gasteiger charge is 2.63. The minimum atomic E-state index is 0.0240. The molecule has 0 spiro atoms. The van der Waals surface area contributed by atoms with Crippen molar-refractivity contribution in [2.24, 2.45) is 17.3 Å². The molecular weight excluding hydrogens is 184 g/mol. The van der Waals surface area contributed by atoms with Gasteiger partial charge in [0.2, 0.25) is 0 Å². The van der Waals surface area contributed by atoms with Gasteiger partial charge < -0.3 is 5.11 Å². The fourth-order valence-corrected chi connectivity index (χ4v) is 3.50. The van der Waals surface area contributed by atoms with Crippen molar-refractivity contribution in [2.45, 2.75) is 59.0 Å². The predicted octanol–water partition coefficient (Wildman–Crippen LogP) is 3.53. The second kappa shape index (κ2) is 3.93. The van der Waals surface area contributed by atoms with E-state index in [4.69, 9.17) is 0 Å². The highest BCUT2D eigenvalue weighted by molar-refractivity contribution is 5.12. The number of aliphatic hydroxyl groups is 1. The lowest BCUT2D eigenvalue weighted by Crippen LogP contribution is -2.12. The molecule has 2 fully saturated rings. The molecule has 86 valence electrons. The minimum Gasteiger partial charge on any atom is -0.393 e. The summed E-state index contributed by atoms with van der Waals surface area (Å²) in [6, 6.07) is 0. The number of aliphatic hydroxyl groups excluding tert-OH is 1. The summed E-state index contributed by atoms with van der Waals surface area (Å²) >= 11 is 0. The van der Waals surface area contributed by atoms with Crippen molar-refractivity contribution in [3.8, 4) is 0 Å². The van der Waals surface area contributed by atoms with Gasteiger partial charge in [0.05, 0.1) is 6.10 Å². The zero-order valence-corrected chi connectivity index (χ0v) is 10.3. The highest BCUT2D eigenvalue weighted by Crippen LogP contribution is 2.68. The van der Waals surface area contributed by atoms with Crippen LogP contribution in [0.2, 0.25) is 0 Å². The Hall–Kier alpha value is -0.300. The van der Waals surface area contributed by atoms with E-state index in [2.05, 4.69) is 26.8 Å². The second-order valence-corrected chi connectivity index (χ2v) is 5.91. The molecule has 0 unspecified atom stereocenters. The van der Waals surface area contributed by atoms with Crippen molar-refractivity contribution < 1.29 is 5.11 Å². The van der Waals surface area contributed by atoms with Gasteiger partial charge in [0.25, 0.3) is 0 Å². The Morgan fingerprint density at radius 1 is 1.53 bits per heavy atom. The van der Waals surface area contributed by atoms with Crippen LogP contribution in [-0.2, 0) is 0 Å². The summed E-state index contributed by atoms with van der Waals surface area (Å²) in [6.45, 7) is 6.72. The van der Waals surface area contributed by atoms with Gasteiger partial charge in [-0.05, 0) is 63.2 Å². The lowest BCUT2D eigenvalue weighted by molar-refractivity contribution is 0.156. The molecule has 2 rings (SSSR count). The number of hydrogen-bond acceptors (Lipinski definition) is 1. The molecule has 0 aliphatic heterocycles. The van der Waals surface area contributed by atoms with E-state index in [1.807, 2.05) is 0 Å². The number of allylic oxidation sites excluding steroid dienone is 2. The van der Waals surface area contributed by atoms with Gasteiger partial charge in [-0.2, -0.15) is 0 Å². The maximum absolute atomic E-state index is 9.76. The van der Waals surface area contributed by atoms with Crippen LogP contribution in [-0.4, -0.2) is 11.2 Å². The molecule has 0 aromatic heterocycles. The monoisotopic (exact) mass is 208 g/mol. The SMILES string of the molecule is CC(C)=CCC[C@H](C)[C@]12CC[C@H](O)[C@H]1C2. The van der Waals surface area contributed by atoms with Crippen molar-refractivity contribution in [2.75, 3.05) is 0 Å². The zero-order chi connectivity index (χ0) is 11.1. The molecule has 0 heterocycles. The average Bonchev–Trinajstić information content (AvgIpc) is 2.82. The van der Waals surface area contributed by atoms with Crippen LogP contribution in [0.1, 0.15) is 52.9 Å². The summed E-state index contributed by atoms with van der Waals surface area (Å²) in [7, 11) is 0. The lowest BCUT2D eigenvalue weighted by Gasteiger charge is -2.20. The summed E-state index contributed by atoms with van der Waals surface area (Å²) in [5.74, 6) is 1.45. The first-order chi connectivity index (χ1) is 7.06. The van der Waals surface area contributed by atoms with Crippen LogP contribution in [0.4, 0.5) is 0 Å². The molecule has 2 aliphatic carbocycles. The average molecular weight is 208 g/mol. The summed E-state index contributed by atoms with van der Waals surface area (Å²) in [4.78, 5) is 0. The Balaban J connectivity index is 1.83. The first kappa shape index (κ1) is 11.2. The van der Waals surface area contributed by atoms with Crippen molar-refractivity contribution in [3.05, 3.63) is 11.6 Å². The van der Waals surface area contributed by atoms with E-state index in [0.717, 1.165) is 12.3 Å². The molecule has 0 radical (unpaired) electrons. The van der Waals surface area contributed by atoms with E-state index in [9.17, 15) is 5.11 Å². The zero-order valence-electron chi connectivity index (χ0n) is 10.3. The fourth-order valence-electron chi connectivity index (χ4n) is 3.50. The summed E-state index contributed by atoms with van der Waals surface area (Å²) in [6.07, 6.45) is 8.51. The maximum atomic E-state index is 9.76. The molecule has 2 saturated carbocycles. The van der Waals surface area contributed by atoms with Crippen molar-refractivity contribution in [1.82, 2.24) is 0 Å². The van der Waals surface area contributed by atoms with E-state index < -0.39 is 0 Å². The summed E-state index contributed by atoms with van der Waals surface area (Å²) < 4.78 is 0. The van der Waals surface area contributed by atoms with Crippen molar-refractivity contribution >= 4 is 0 Å². The number of rotatable bonds is 4. The number of hydrogen-bond donors (Lipinski definition) is 1. The molecule has 0 aromatic rings. The van der Waals surface area contributed by atoms with Crippen LogP contribution in [0.15, 0.2) is 11.6 Å². The van der Waals surface area contributed by atoms with Gasteiger partial charge in [-0.15, -0.1) is 0 Å². The highest BCUT2D eigenvalue weighted by atomic mass is 16.3.